The molecule has 7 heteroatoms. The number of aromatic nitrogens is 4. The van der Waals surface area contributed by atoms with Crippen molar-refractivity contribution in [2.45, 2.75) is 32.2 Å². The van der Waals surface area contributed by atoms with Gasteiger partial charge in [0.05, 0.1) is 10.9 Å². The number of para-hydroxylation sites is 1. The van der Waals surface area contributed by atoms with Crippen LogP contribution in [0.1, 0.15) is 30.5 Å². The third-order valence-corrected chi connectivity index (χ3v) is 3.95. The van der Waals surface area contributed by atoms with Crippen LogP contribution in [0.5, 0.6) is 0 Å². The predicted octanol–water partition coefficient (Wildman–Crippen LogP) is 1.79. The Morgan fingerprint density at radius 3 is 2.75 bits per heavy atom. The second-order valence-corrected chi connectivity index (χ2v) is 5.61. The molecule has 0 atom stereocenters. The summed E-state index contributed by atoms with van der Waals surface area (Å²) in [5, 5.41) is 0.507. The number of hydrogen-bond donors (Lipinski definition) is 1. The summed E-state index contributed by atoms with van der Waals surface area (Å²) in [4.78, 5) is 42.7. The van der Waals surface area contributed by atoms with Crippen molar-refractivity contribution >= 4 is 16.8 Å². The van der Waals surface area contributed by atoms with Crippen LogP contribution in [0.3, 0.4) is 0 Å². The van der Waals surface area contributed by atoms with Gasteiger partial charge in [0.2, 0.25) is 5.91 Å². The van der Waals surface area contributed by atoms with Gasteiger partial charge in [-0.25, -0.2) is 9.78 Å². The molecule has 3 aromatic rings. The Balaban J connectivity index is 1.57. The zero-order chi connectivity index (χ0) is 16.9. The molecular formula is C17H18N4O3. The largest absolute Gasteiger partial charge is 0.328 e. The van der Waals surface area contributed by atoms with Gasteiger partial charge in [0.1, 0.15) is 6.33 Å². The molecule has 1 aromatic carbocycles. The molecule has 0 bridgehead atoms. The van der Waals surface area contributed by atoms with E-state index in [4.69, 9.17) is 0 Å². The summed E-state index contributed by atoms with van der Waals surface area (Å²) in [7, 11) is 0. The summed E-state index contributed by atoms with van der Waals surface area (Å²) in [5.74, 6) is -0.00628. The van der Waals surface area contributed by atoms with Gasteiger partial charge < -0.3 is 4.98 Å². The van der Waals surface area contributed by atoms with Crippen molar-refractivity contribution in [2.24, 2.45) is 0 Å². The smallest absolute Gasteiger partial charge is 0.307 e. The van der Waals surface area contributed by atoms with Crippen LogP contribution in [0.4, 0.5) is 0 Å². The lowest BCUT2D eigenvalue weighted by atomic mass is 10.2. The van der Waals surface area contributed by atoms with Crippen LogP contribution in [0.15, 0.2) is 52.6 Å². The number of carbonyl (C=O) groups is 1. The molecule has 0 fully saturated rings. The summed E-state index contributed by atoms with van der Waals surface area (Å²) in [6, 6.07) is 6.96. The average Bonchev–Trinajstić information content (AvgIpc) is 3.11. The van der Waals surface area contributed by atoms with Gasteiger partial charge in [0.15, 0.2) is 0 Å². The molecule has 3 rings (SSSR count). The van der Waals surface area contributed by atoms with Gasteiger partial charge in [0, 0.05) is 25.4 Å². The predicted molar refractivity (Wildman–Crippen MR) is 90.2 cm³/mol. The molecule has 0 saturated carbocycles. The van der Waals surface area contributed by atoms with Crippen LogP contribution >= 0.6 is 0 Å². The van der Waals surface area contributed by atoms with Crippen LogP contribution in [0, 0.1) is 0 Å². The van der Waals surface area contributed by atoms with Crippen LogP contribution in [0.2, 0.25) is 0 Å². The van der Waals surface area contributed by atoms with Crippen molar-refractivity contribution < 1.29 is 4.79 Å². The minimum absolute atomic E-state index is 0.00628. The first-order valence-corrected chi connectivity index (χ1v) is 7.90. The number of hydrogen-bond acceptors (Lipinski definition) is 4. The first-order valence-electron chi connectivity index (χ1n) is 7.90. The lowest BCUT2D eigenvalue weighted by Crippen LogP contribution is -2.35. The van der Waals surface area contributed by atoms with E-state index in [0.717, 1.165) is 6.42 Å². The molecule has 0 aliphatic heterocycles. The monoisotopic (exact) mass is 326 g/mol. The lowest BCUT2D eigenvalue weighted by molar-refractivity contribution is 0.0898. The van der Waals surface area contributed by atoms with E-state index >= 15 is 0 Å². The molecule has 0 radical (unpaired) electrons. The third kappa shape index (κ3) is 3.34. The van der Waals surface area contributed by atoms with Crippen molar-refractivity contribution in [1.29, 1.82) is 0 Å². The van der Waals surface area contributed by atoms with E-state index in [-0.39, 0.29) is 11.5 Å². The highest BCUT2D eigenvalue weighted by molar-refractivity contribution is 5.78. The average molecular weight is 326 g/mol. The Hall–Kier alpha value is -2.96. The van der Waals surface area contributed by atoms with Gasteiger partial charge >= 0.3 is 5.69 Å². The number of carbonyl (C=O) groups excluding carboxylic acids is 1. The molecule has 0 saturated heterocycles. The Morgan fingerprint density at radius 1 is 1.12 bits per heavy atom. The summed E-state index contributed by atoms with van der Waals surface area (Å²) in [6.07, 6.45) is 7.22. The fourth-order valence-corrected chi connectivity index (χ4v) is 2.66. The highest BCUT2D eigenvalue weighted by Gasteiger charge is 2.07. The second-order valence-electron chi connectivity index (χ2n) is 5.61. The van der Waals surface area contributed by atoms with Crippen molar-refractivity contribution in [3.05, 3.63) is 63.8 Å². The quantitative estimate of drug-likeness (QED) is 0.699. The lowest BCUT2D eigenvalue weighted by Gasteiger charge is -2.06. The number of H-pyrrole nitrogens is 1. The number of nitrogens with zero attached hydrogens (tertiary/aromatic N) is 3. The van der Waals surface area contributed by atoms with Gasteiger partial charge in [-0.3, -0.25) is 18.7 Å². The molecule has 0 aliphatic carbocycles. The molecule has 2 heterocycles. The van der Waals surface area contributed by atoms with Crippen LogP contribution in [0.25, 0.3) is 10.9 Å². The maximum Gasteiger partial charge on any atom is 0.328 e. The number of unbranched alkanes of at least 4 members (excludes halogenated alkanes) is 2. The van der Waals surface area contributed by atoms with Crippen LogP contribution in [-0.4, -0.2) is 25.0 Å². The van der Waals surface area contributed by atoms with E-state index in [0.29, 0.717) is 36.7 Å². The Morgan fingerprint density at radius 2 is 1.96 bits per heavy atom. The molecule has 24 heavy (non-hydrogen) atoms. The normalized spacial score (nSPS) is 11.0. The maximum absolute atomic E-state index is 12.4. The second kappa shape index (κ2) is 7.08. The zero-order valence-corrected chi connectivity index (χ0v) is 13.1. The highest BCUT2D eigenvalue weighted by Crippen LogP contribution is 2.05. The highest BCUT2D eigenvalue weighted by atomic mass is 16.2. The van der Waals surface area contributed by atoms with Crippen LogP contribution < -0.4 is 11.2 Å². The third-order valence-electron chi connectivity index (χ3n) is 3.95. The van der Waals surface area contributed by atoms with Crippen molar-refractivity contribution in [2.75, 3.05) is 0 Å². The van der Waals surface area contributed by atoms with E-state index in [1.807, 2.05) is 0 Å². The van der Waals surface area contributed by atoms with Crippen molar-refractivity contribution in [3.8, 4) is 0 Å². The van der Waals surface area contributed by atoms with Gasteiger partial charge in [-0.1, -0.05) is 18.6 Å². The Bertz CT molecular complexity index is 954. The molecule has 0 amide bonds. The van der Waals surface area contributed by atoms with E-state index in [1.165, 1.54) is 15.5 Å². The number of benzene rings is 1. The summed E-state index contributed by atoms with van der Waals surface area (Å²) in [5.41, 5.74) is -0.119. The van der Waals surface area contributed by atoms with Crippen molar-refractivity contribution in [3.63, 3.8) is 0 Å². The topological polar surface area (TPSA) is 89.8 Å². The first kappa shape index (κ1) is 15.9. The number of fused-ring (bicyclic) bond motifs is 1. The number of nitrogens with one attached hydrogen (secondary N) is 1. The summed E-state index contributed by atoms with van der Waals surface area (Å²) >= 11 is 0. The molecule has 0 spiro atoms. The number of imidazole rings is 1. The molecule has 0 unspecified atom stereocenters. The first-order chi connectivity index (χ1) is 11.7. The molecule has 2 aromatic heterocycles. The summed E-state index contributed by atoms with van der Waals surface area (Å²) < 4.78 is 2.68. The van der Waals surface area contributed by atoms with Crippen molar-refractivity contribution in [1.82, 2.24) is 19.1 Å². The standard InChI is InChI=1S/C17H18N4O3/c22-15(20-11-9-18-12-20)8-2-1-5-10-21-16(23)13-6-3-4-7-14(13)19-17(21)24/h3-4,6-7,9,11-12H,1-2,5,8,10H2,(H,19,24). The molecular weight excluding hydrogens is 308 g/mol. The Kier molecular flexibility index (Phi) is 4.69. The van der Waals surface area contributed by atoms with Gasteiger partial charge in [-0.2, -0.15) is 0 Å². The molecule has 124 valence electrons. The maximum atomic E-state index is 12.4. The van der Waals surface area contributed by atoms with E-state index < -0.39 is 5.69 Å². The molecule has 0 aliphatic rings. The van der Waals surface area contributed by atoms with E-state index in [9.17, 15) is 14.4 Å². The molecule has 1 N–H and O–H groups in total. The van der Waals surface area contributed by atoms with Gasteiger partial charge in [-0.15, -0.1) is 0 Å². The minimum Gasteiger partial charge on any atom is -0.307 e. The summed E-state index contributed by atoms with van der Waals surface area (Å²) in [6.45, 7) is 0.346. The number of aromatic amines is 1. The SMILES string of the molecule is O=C(CCCCCn1c(=O)[nH]c2ccccc2c1=O)n1ccnc1. The fraction of sp³-hybridized carbons (Fsp3) is 0.294. The zero-order valence-electron chi connectivity index (χ0n) is 13.1. The fourth-order valence-electron chi connectivity index (χ4n) is 2.66. The number of rotatable bonds is 6. The minimum atomic E-state index is -0.395. The van der Waals surface area contributed by atoms with E-state index in [2.05, 4.69) is 9.97 Å². The molecule has 7 nitrogen and oxygen atoms in total. The van der Waals surface area contributed by atoms with Gasteiger partial charge in [-0.05, 0) is 25.0 Å². The Labute approximate surface area is 137 Å². The van der Waals surface area contributed by atoms with Crippen LogP contribution in [-0.2, 0) is 6.54 Å². The van der Waals surface area contributed by atoms with E-state index in [1.54, 1.807) is 36.7 Å². The van der Waals surface area contributed by atoms with Gasteiger partial charge in [0.25, 0.3) is 5.56 Å².